The number of alkyl carbamates (subject to hydrolysis) is 1. The van der Waals surface area contributed by atoms with E-state index < -0.39 is 6.09 Å². The number of carbonyl (C=O) groups is 1. The Hall–Kier alpha value is -2.51. The number of hydrogen-bond acceptors (Lipinski definition) is 3. The van der Waals surface area contributed by atoms with E-state index in [0.717, 1.165) is 5.56 Å². The van der Waals surface area contributed by atoms with E-state index in [2.05, 4.69) is 22.1 Å². The second kappa shape index (κ2) is 7.93. The molecule has 106 valence electrons. The van der Waals surface area contributed by atoms with Crippen LogP contribution in [0.5, 0.6) is 0 Å². The third kappa shape index (κ3) is 5.17. The largest absolute Gasteiger partial charge is 0.445 e. The number of rotatable bonds is 3. The summed E-state index contributed by atoms with van der Waals surface area (Å²) in [5.74, 6) is 5.61. The fraction of sp³-hybridized carbons (Fsp3) is 0.125. The molecule has 1 heterocycles. The van der Waals surface area contributed by atoms with E-state index in [1.54, 1.807) is 18.3 Å². The number of amides is 1. The van der Waals surface area contributed by atoms with E-state index in [1.807, 2.05) is 30.3 Å². The molecule has 0 aliphatic carbocycles. The Morgan fingerprint density at radius 1 is 1.24 bits per heavy atom. The van der Waals surface area contributed by atoms with Crippen LogP contribution in [0.15, 0.2) is 48.7 Å². The second-order valence-corrected chi connectivity index (χ2v) is 4.42. The molecule has 0 fully saturated rings. The number of carbonyl (C=O) groups excluding carboxylic acids is 1. The van der Waals surface area contributed by atoms with Crippen molar-refractivity contribution in [3.8, 4) is 11.8 Å². The SMILES string of the molecule is O=C(NCC#Cc1cccnc1Cl)OCc1ccccc1. The molecule has 0 saturated heterocycles. The van der Waals surface area contributed by atoms with Gasteiger partial charge in [0.2, 0.25) is 0 Å². The van der Waals surface area contributed by atoms with Crippen molar-refractivity contribution in [2.24, 2.45) is 0 Å². The maximum absolute atomic E-state index is 11.5. The molecule has 0 aliphatic heterocycles. The van der Waals surface area contributed by atoms with Gasteiger partial charge in [0, 0.05) is 6.20 Å². The van der Waals surface area contributed by atoms with Crippen molar-refractivity contribution >= 4 is 17.7 Å². The van der Waals surface area contributed by atoms with Crippen LogP contribution in [0.1, 0.15) is 11.1 Å². The molecule has 2 rings (SSSR count). The Kier molecular flexibility index (Phi) is 5.62. The summed E-state index contributed by atoms with van der Waals surface area (Å²) in [6.07, 6.45) is 1.08. The quantitative estimate of drug-likeness (QED) is 0.700. The summed E-state index contributed by atoms with van der Waals surface area (Å²) in [5, 5.41) is 2.89. The van der Waals surface area contributed by atoms with Crippen LogP contribution < -0.4 is 5.32 Å². The Balaban J connectivity index is 1.74. The summed E-state index contributed by atoms with van der Waals surface area (Å²) < 4.78 is 5.05. The van der Waals surface area contributed by atoms with Gasteiger partial charge in [-0.25, -0.2) is 9.78 Å². The minimum absolute atomic E-state index is 0.179. The zero-order chi connectivity index (χ0) is 14.9. The number of pyridine rings is 1. The summed E-state index contributed by atoms with van der Waals surface area (Å²) in [7, 11) is 0. The molecule has 2 aromatic rings. The highest BCUT2D eigenvalue weighted by molar-refractivity contribution is 6.30. The standard InChI is InChI=1S/C16H13ClN2O2/c17-15-14(8-4-10-18-15)9-5-11-19-16(20)21-12-13-6-2-1-3-7-13/h1-4,6-8,10H,11-12H2,(H,19,20). The molecule has 1 aromatic carbocycles. The predicted octanol–water partition coefficient (Wildman–Crippen LogP) is 3.01. The van der Waals surface area contributed by atoms with Gasteiger partial charge in [0.15, 0.2) is 0 Å². The maximum atomic E-state index is 11.5. The van der Waals surface area contributed by atoms with Gasteiger partial charge in [0.25, 0.3) is 0 Å². The first-order valence-corrected chi connectivity index (χ1v) is 6.67. The van der Waals surface area contributed by atoms with Crippen LogP contribution in [0.4, 0.5) is 4.79 Å². The molecule has 0 spiro atoms. The zero-order valence-corrected chi connectivity index (χ0v) is 11.9. The molecule has 0 saturated carbocycles. The third-order valence-electron chi connectivity index (χ3n) is 2.52. The maximum Gasteiger partial charge on any atom is 0.408 e. The van der Waals surface area contributed by atoms with Gasteiger partial charge in [-0.15, -0.1) is 0 Å². The van der Waals surface area contributed by atoms with Crippen molar-refractivity contribution in [1.29, 1.82) is 0 Å². The van der Waals surface area contributed by atoms with Crippen LogP contribution >= 0.6 is 11.6 Å². The van der Waals surface area contributed by atoms with Gasteiger partial charge in [-0.3, -0.25) is 0 Å². The van der Waals surface area contributed by atoms with Crippen molar-refractivity contribution in [3.05, 3.63) is 64.9 Å². The highest BCUT2D eigenvalue weighted by Crippen LogP contribution is 2.08. The van der Waals surface area contributed by atoms with Gasteiger partial charge >= 0.3 is 6.09 Å². The summed E-state index contributed by atoms with van der Waals surface area (Å²) in [4.78, 5) is 15.4. The first-order chi connectivity index (χ1) is 10.3. The molecule has 5 heteroatoms. The molecule has 1 aromatic heterocycles. The van der Waals surface area contributed by atoms with E-state index in [0.29, 0.717) is 10.7 Å². The second-order valence-electron chi connectivity index (χ2n) is 4.06. The average Bonchev–Trinajstić information content (AvgIpc) is 2.52. The number of benzene rings is 1. The van der Waals surface area contributed by atoms with Gasteiger partial charge in [-0.05, 0) is 17.7 Å². The first kappa shape index (κ1) is 14.9. The monoisotopic (exact) mass is 300 g/mol. The molecular weight excluding hydrogens is 288 g/mol. The molecule has 1 N–H and O–H groups in total. The fourth-order valence-electron chi connectivity index (χ4n) is 1.51. The van der Waals surface area contributed by atoms with Gasteiger partial charge in [-0.2, -0.15) is 0 Å². The molecule has 21 heavy (non-hydrogen) atoms. The minimum atomic E-state index is -0.509. The van der Waals surface area contributed by atoms with E-state index in [4.69, 9.17) is 16.3 Å². The van der Waals surface area contributed by atoms with E-state index in [9.17, 15) is 4.79 Å². The number of ether oxygens (including phenoxy) is 1. The van der Waals surface area contributed by atoms with Crippen molar-refractivity contribution in [2.45, 2.75) is 6.61 Å². The van der Waals surface area contributed by atoms with E-state index >= 15 is 0 Å². The summed E-state index contributed by atoms with van der Waals surface area (Å²) in [6, 6.07) is 13.0. The highest BCUT2D eigenvalue weighted by Gasteiger charge is 2.00. The smallest absolute Gasteiger partial charge is 0.408 e. The number of nitrogens with one attached hydrogen (secondary N) is 1. The lowest BCUT2D eigenvalue weighted by Crippen LogP contribution is -2.24. The average molecular weight is 301 g/mol. The van der Waals surface area contributed by atoms with Gasteiger partial charge in [0.1, 0.15) is 11.8 Å². The first-order valence-electron chi connectivity index (χ1n) is 6.29. The molecule has 0 aliphatic rings. The molecule has 1 amide bonds. The number of aromatic nitrogens is 1. The number of nitrogens with zero attached hydrogens (tertiary/aromatic N) is 1. The van der Waals surface area contributed by atoms with Crippen LogP contribution in [0.3, 0.4) is 0 Å². The lowest BCUT2D eigenvalue weighted by atomic mass is 10.2. The molecule has 0 bridgehead atoms. The predicted molar refractivity (Wildman–Crippen MR) is 80.8 cm³/mol. The van der Waals surface area contributed by atoms with Crippen LogP contribution in [-0.2, 0) is 11.3 Å². The van der Waals surface area contributed by atoms with E-state index in [1.165, 1.54) is 0 Å². The van der Waals surface area contributed by atoms with Gasteiger partial charge < -0.3 is 10.1 Å². The van der Waals surface area contributed by atoms with Crippen LogP contribution in [-0.4, -0.2) is 17.6 Å². The number of hydrogen-bond donors (Lipinski definition) is 1. The number of halogens is 1. The normalized spacial score (nSPS) is 9.38. The van der Waals surface area contributed by atoms with Crippen LogP contribution in [0.25, 0.3) is 0 Å². The van der Waals surface area contributed by atoms with Crippen molar-refractivity contribution < 1.29 is 9.53 Å². The fourth-order valence-corrected chi connectivity index (χ4v) is 1.68. The summed E-state index contributed by atoms with van der Waals surface area (Å²) in [6.45, 7) is 0.410. The lowest BCUT2D eigenvalue weighted by Gasteiger charge is -2.04. The van der Waals surface area contributed by atoms with Crippen molar-refractivity contribution in [1.82, 2.24) is 10.3 Å². The minimum Gasteiger partial charge on any atom is -0.445 e. The molecule has 4 nitrogen and oxygen atoms in total. The molecule has 0 radical (unpaired) electrons. The lowest BCUT2D eigenvalue weighted by molar-refractivity contribution is 0.141. The molecule has 0 atom stereocenters. The Morgan fingerprint density at radius 3 is 2.81 bits per heavy atom. The molecule has 0 unspecified atom stereocenters. The van der Waals surface area contributed by atoms with E-state index in [-0.39, 0.29) is 13.2 Å². The Labute approximate surface area is 128 Å². The Bertz CT molecular complexity index is 663. The van der Waals surface area contributed by atoms with Crippen LogP contribution in [0, 0.1) is 11.8 Å². The third-order valence-corrected chi connectivity index (χ3v) is 2.82. The summed E-state index contributed by atoms with van der Waals surface area (Å²) in [5.41, 5.74) is 1.56. The zero-order valence-electron chi connectivity index (χ0n) is 11.2. The van der Waals surface area contributed by atoms with Crippen molar-refractivity contribution in [2.75, 3.05) is 6.54 Å². The van der Waals surface area contributed by atoms with Crippen LogP contribution in [0.2, 0.25) is 5.15 Å². The van der Waals surface area contributed by atoms with Gasteiger partial charge in [-0.1, -0.05) is 53.8 Å². The Morgan fingerprint density at radius 2 is 2.05 bits per heavy atom. The highest BCUT2D eigenvalue weighted by atomic mass is 35.5. The topological polar surface area (TPSA) is 51.2 Å². The van der Waals surface area contributed by atoms with Crippen molar-refractivity contribution in [3.63, 3.8) is 0 Å². The molecular formula is C16H13ClN2O2. The van der Waals surface area contributed by atoms with Gasteiger partial charge in [0.05, 0.1) is 12.1 Å². The summed E-state index contributed by atoms with van der Waals surface area (Å²) >= 11 is 5.86.